The van der Waals surface area contributed by atoms with Gasteiger partial charge in [-0.3, -0.25) is 4.79 Å². The van der Waals surface area contributed by atoms with Gasteiger partial charge in [0, 0.05) is 6.54 Å². The van der Waals surface area contributed by atoms with Crippen LogP contribution < -0.4 is 5.32 Å². The molecule has 3 nitrogen and oxygen atoms in total. The van der Waals surface area contributed by atoms with Gasteiger partial charge in [0.15, 0.2) is 0 Å². The third kappa shape index (κ3) is 3.83. The van der Waals surface area contributed by atoms with Gasteiger partial charge in [-0.15, -0.1) is 0 Å². The first kappa shape index (κ1) is 15.0. The van der Waals surface area contributed by atoms with Crippen molar-refractivity contribution in [3.8, 4) is 0 Å². The molecule has 1 heterocycles. The summed E-state index contributed by atoms with van der Waals surface area (Å²) in [5, 5.41) is 3.36. The lowest BCUT2D eigenvalue weighted by Crippen LogP contribution is -2.46. The van der Waals surface area contributed by atoms with E-state index >= 15 is 0 Å². The Morgan fingerprint density at radius 1 is 1.35 bits per heavy atom. The third-order valence-electron chi connectivity index (χ3n) is 4.14. The molecule has 0 saturated carbocycles. The van der Waals surface area contributed by atoms with Gasteiger partial charge in [0.25, 0.3) is 0 Å². The SMILES string of the molecule is CCOC(=O)[C@@]1(CCCc2ccccc2)CCCNC1. The minimum Gasteiger partial charge on any atom is -0.466 e. The summed E-state index contributed by atoms with van der Waals surface area (Å²) in [4.78, 5) is 12.3. The molecule has 1 aromatic carbocycles. The molecule has 0 bridgehead atoms. The highest BCUT2D eigenvalue weighted by atomic mass is 16.5. The fraction of sp³-hybridized carbons (Fsp3) is 0.588. The summed E-state index contributed by atoms with van der Waals surface area (Å²) in [7, 11) is 0. The van der Waals surface area contributed by atoms with E-state index in [4.69, 9.17) is 4.74 Å². The summed E-state index contributed by atoms with van der Waals surface area (Å²) >= 11 is 0. The molecule has 0 unspecified atom stereocenters. The van der Waals surface area contributed by atoms with Gasteiger partial charge >= 0.3 is 5.97 Å². The van der Waals surface area contributed by atoms with Crippen molar-refractivity contribution in [2.24, 2.45) is 5.41 Å². The van der Waals surface area contributed by atoms with Crippen LogP contribution in [0.4, 0.5) is 0 Å². The largest absolute Gasteiger partial charge is 0.466 e. The second kappa shape index (κ2) is 7.44. The number of benzene rings is 1. The fourth-order valence-corrected chi connectivity index (χ4v) is 3.02. The molecule has 1 atom stereocenters. The molecule has 1 N–H and O–H groups in total. The van der Waals surface area contributed by atoms with E-state index in [2.05, 4.69) is 29.6 Å². The monoisotopic (exact) mass is 275 g/mol. The van der Waals surface area contributed by atoms with Crippen LogP contribution in [0.25, 0.3) is 0 Å². The Morgan fingerprint density at radius 2 is 2.15 bits per heavy atom. The topological polar surface area (TPSA) is 38.3 Å². The van der Waals surface area contributed by atoms with E-state index < -0.39 is 0 Å². The van der Waals surface area contributed by atoms with E-state index in [0.29, 0.717) is 6.61 Å². The summed E-state index contributed by atoms with van der Waals surface area (Å²) in [6.07, 6.45) is 4.98. The Morgan fingerprint density at radius 3 is 2.80 bits per heavy atom. The summed E-state index contributed by atoms with van der Waals surface area (Å²) in [5.74, 6) is -0.0136. The molecule has 0 aromatic heterocycles. The average molecular weight is 275 g/mol. The van der Waals surface area contributed by atoms with Gasteiger partial charge in [-0.25, -0.2) is 0 Å². The highest BCUT2D eigenvalue weighted by Crippen LogP contribution is 2.33. The standard InChI is InChI=1S/C17H25NO2/c1-2-20-16(19)17(12-7-13-18-14-17)11-6-10-15-8-4-3-5-9-15/h3-5,8-9,18H,2,6-7,10-14H2,1H3/t17-/m0/s1. The highest BCUT2D eigenvalue weighted by molar-refractivity contribution is 5.77. The molecule has 0 aliphatic carbocycles. The van der Waals surface area contributed by atoms with Crippen LogP contribution in [-0.2, 0) is 16.0 Å². The minimum atomic E-state index is -0.303. The number of hydrogen-bond donors (Lipinski definition) is 1. The average Bonchev–Trinajstić information content (AvgIpc) is 2.49. The Labute approximate surface area is 121 Å². The normalized spacial score (nSPS) is 22.4. The maximum atomic E-state index is 12.3. The first-order valence-corrected chi connectivity index (χ1v) is 7.69. The van der Waals surface area contributed by atoms with Gasteiger partial charge in [0.1, 0.15) is 0 Å². The lowest BCUT2D eigenvalue weighted by Gasteiger charge is -2.35. The van der Waals surface area contributed by atoms with Crippen molar-refractivity contribution in [1.82, 2.24) is 5.32 Å². The zero-order chi connectivity index (χ0) is 14.3. The van der Waals surface area contributed by atoms with Crippen LogP contribution in [0, 0.1) is 5.41 Å². The van der Waals surface area contributed by atoms with Crippen molar-refractivity contribution in [2.45, 2.75) is 39.0 Å². The number of ether oxygens (including phenoxy) is 1. The summed E-state index contributed by atoms with van der Waals surface area (Å²) in [6.45, 7) is 4.13. The third-order valence-corrected chi connectivity index (χ3v) is 4.14. The van der Waals surface area contributed by atoms with Crippen molar-refractivity contribution < 1.29 is 9.53 Å². The van der Waals surface area contributed by atoms with Gasteiger partial charge in [0.05, 0.1) is 12.0 Å². The number of esters is 1. The maximum Gasteiger partial charge on any atom is 0.313 e. The number of piperidine rings is 1. The van der Waals surface area contributed by atoms with Crippen LogP contribution in [0.15, 0.2) is 30.3 Å². The van der Waals surface area contributed by atoms with Crippen molar-refractivity contribution in [3.63, 3.8) is 0 Å². The molecular weight excluding hydrogens is 250 g/mol. The van der Waals surface area contributed by atoms with Crippen molar-refractivity contribution in [1.29, 1.82) is 0 Å². The molecular formula is C17H25NO2. The maximum absolute atomic E-state index is 12.3. The second-order valence-electron chi connectivity index (χ2n) is 5.62. The zero-order valence-electron chi connectivity index (χ0n) is 12.4. The summed E-state index contributed by atoms with van der Waals surface area (Å²) < 4.78 is 5.31. The Bertz CT molecular complexity index is 410. The molecule has 1 saturated heterocycles. The highest BCUT2D eigenvalue weighted by Gasteiger charge is 2.40. The van der Waals surface area contributed by atoms with Gasteiger partial charge < -0.3 is 10.1 Å². The van der Waals surface area contributed by atoms with Crippen LogP contribution in [0.2, 0.25) is 0 Å². The molecule has 2 rings (SSSR count). The first-order chi connectivity index (χ1) is 9.77. The molecule has 20 heavy (non-hydrogen) atoms. The van der Waals surface area contributed by atoms with Crippen LogP contribution in [-0.4, -0.2) is 25.7 Å². The molecule has 1 fully saturated rings. The fourth-order valence-electron chi connectivity index (χ4n) is 3.02. The Balaban J connectivity index is 1.92. The molecule has 0 spiro atoms. The number of aryl methyl sites for hydroxylation is 1. The number of hydrogen-bond acceptors (Lipinski definition) is 3. The number of rotatable bonds is 6. The quantitative estimate of drug-likeness (QED) is 0.811. The van der Waals surface area contributed by atoms with Crippen LogP contribution in [0.3, 0.4) is 0 Å². The molecule has 110 valence electrons. The second-order valence-corrected chi connectivity index (χ2v) is 5.62. The van der Waals surface area contributed by atoms with E-state index in [9.17, 15) is 4.79 Å². The lowest BCUT2D eigenvalue weighted by atomic mass is 9.76. The van der Waals surface area contributed by atoms with E-state index in [0.717, 1.165) is 45.2 Å². The van der Waals surface area contributed by atoms with Gasteiger partial charge in [-0.05, 0) is 51.1 Å². The van der Waals surface area contributed by atoms with E-state index in [-0.39, 0.29) is 11.4 Å². The van der Waals surface area contributed by atoms with Crippen LogP contribution >= 0.6 is 0 Å². The first-order valence-electron chi connectivity index (χ1n) is 7.69. The predicted molar refractivity (Wildman–Crippen MR) is 80.5 cm³/mol. The van der Waals surface area contributed by atoms with E-state index in [1.165, 1.54) is 5.56 Å². The molecule has 3 heteroatoms. The smallest absolute Gasteiger partial charge is 0.313 e. The van der Waals surface area contributed by atoms with Crippen LogP contribution in [0.5, 0.6) is 0 Å². The molecule has 0 radical (unpaired) electrons. The van der Waals surface area contributed by atoms with Crippen molar-refractivity contribution in [3.05, 3.63) is 35.9 Å². The van der Waals surface area contributed by atoms with Crippen molar-refractivity contribution >= 4 is 5.97 Å². The molecule has 0 amide bonds. The van der Waals surface area contributed by atoms with Gasteiger partial charge in [-0.1, -0.05) is 30.3 Å². The molecule has 1 aromatic rings. The van der Waals surface area contributed by atoms with E-state index in [1.54, 1.807) is 0 Å². The minimum absolute atomic E-state index is 0.0136. The van der Waals surface area contributed by atoms with Gasteiger partial charge in [0.2, 0.25) is 0 Å². The van der Waals surface area contributed by atoms with Crippen LogP contribution in [0.1, 0.15) is 38.2 Å². The predicted octanol–water partition coefficient (Wildman–Crippen LogP) is 2.94. The number of carbonyl (C=O) groups excluding carboxylic acids is 1. The summed E-state index contributed by atoms with van der Waals surface area (Å²) in [5.41, 5.74) is 1.04. The Hall–Kier alpha value is -1.35. The Kier molecular flexibility index (Phi) is 5.60. The summed E-state index contributed by atoms with van der Waals surface area (Å²) in [6, 6.07) is 10.5. The molecule has 1 aliphatic heterocycles. The van der Waals surface area contributed by atoms with Gasteiger partial charge in [-0.2, -0.15) is 0 Å². The molecule has 1 aliphatic rings. The van der Waals surface area contributed by atoms with Crippen molar-refractivity contribution in [2.75, 3.05) is 19.7 Å². The van der Waals surface area contributed by atoms with E-state index in [1.807, 2.05) is 13.0 Å². The number of nitrogens with one attached hydrogen (secondary N) is 1. The zero-order valence-corrected chi connectivity index (χ0v) is 12.4. The number of carbonyl (C=O) groups is 1. The lowest BCUT2D eigenvalue weighted by molar-refractivity contribution is -0.157.